The van der Waals surface area contributed by atoms with Gasteiger partial charge in [0.25, 0.3) is 0 Å². The van der Waals surface area contributed by atoms with Crippen molar-refractivity contribution in [3.63, 3.8) is 0 Å². The predicted molar refractivity (Wildman–Crippen MR) is 61.7 cm³/mol. The minimum absolute atomic E-state index is 0.0289. The fraction of sp³-hybridized carbons (Fsp3) is 0.583. The molecule has 0 bridgehead atoms. The number of nitrogens with zero attached hydrogens (tertiary/aromatic N) is 2. The van der Waals surface area contributed by atoms with Crippen molar-refractivity contribution >= 4 is 5.97 Å². The van der Waals surface area contributed by atoms with E-state index >= 15 is 0 Å². The van der Waals surface area contributed by atoms with E-state index in [-0.39, 0.29) is 12.3 Å². The summed E-state index contributed by atoms with van der Waals surface area (Å²) in [5.41, 5.74) is -2.36. The van der Waals surface area contributed by atoms with Gasteiger partial charge < -0.3 is 4.74 Å². The highest BCUT2D eigenvalue weighted by Crippen LogP contribution is 2.33. The maximum Gasteiger partial charge on any atom is 0.418 e. The van der Waals surface area contributed by atoms with Crippen LogP contribution in [0.3, 0.4) is 0 Å². The molecule has 0 saturated carbocycles. The highest BCUT2D eigenvalue weighted by molar-refractivity contribution is 5.88. The SMILES string of the molecule is CCOC(=O)c1nnc(C(C)(C)C)cc1C(F)(F)F. The summed E-state index contributed by atoms with van der Waals surface area (Å²) in [6.07, 6.45) is -4.68. The minimum atomic E-state index is -4.68. The summed E-state index contributed by atoms with van der Waals surface area (Å²) >= 11 is 0. The molecule has 0 spiro atoms. The molecule has 0 aliphatic heterocycles. The molecule has 1 aromatic rings. The second-order valence-corrected chi connectivity index (χ2v) is 4.96. The van der Waals surface area contributed by atoms with Crippen LogP contribution in [0.25, 0.3) is 0 Å². The summed E-state index contributed by atoms with van der Waals surface area (Å²) in [6, 6.07) is 0.846. The number of carbonyl (C=O) groups is 1. The molecule has 0 atom stereocenters. The van der Waals surface area contributed by atoms with E-state index < -0.39 is 28.8 Å². The maximum atomic E-state index is 12.9. The van der Waals surface area contributed by atoms with Gasteiger partial charge in [-0.15, -0.1) is 5.10 Å². The Morgan fingerprint density at radius 3 is 2.26 bits per heavy atom. The lowest BCUT2D eigenvalue weighted by molar-refractivity contribution is -0.138. The van der Waals surface area contributed by atoms with Crippen molar-refractivity contribution < 1.29 is 22.7 Å². The molecule has 4 nitrogen and oxygen atoms in total. The largest absolute Gasteiger partial charge is 0.461 e. The van der Waals surface area contributed by atoms with E-state index in [1.807, 2.05) is 0 Å². The quantitative estimate of drug-likeness (QED) is 0.779. The average molecular weight is 276 g/mol. The highest BCUT2D eigenvalue weighted by Gasteiger charge is 2.38. The van der Waals surface area contributed by atoms with E-state index in [1.54, 1.807) is 20.8 Å². The lowest BCUT2D eigenvalue weighted by Crippen LogP contribution is -2.22. The van der Waals surface area contributed by atoms with Crippen LogP contribution in [-0.4, -0.2) is 22.8 Å². The molecule has 0 saturated heterocycles. The maximum absolute atomic E-state index is 12.9. The molecule has 0 radical (unpaired) electrons. The number of carbonyl (C=O) groups excluding carboxylic acids is 1. The van der Waals surface area contributed by atoms with Crippen molar-refractivity contribution in [3.05, 3.63) is 23.0 Å². The smallest absolute Gasteiger partial charge is 0.418 e. The summed E-state index contributed by atoms with van der Waals surface area (Å²) in [5, 5.41) is 7.06. The zero-order chi connectivity index (χ0) is 14.8. The van der Waals surface area contributed by atoms with Gasteiger partial charge in [0.05, 0.1) is 17.9 Å². The molecule has 0 aliphatic rings. The molecular formula is C12H15F3N2O2. The van der Waals surface area contributed by atoms with Crippen molar-refractivity contribution in [2.45, 2.75) is 39.3 Å². The van der Waals surface area contributed by atoms with Crippen LogP contribution in [0, 0.1) is 0 Å². The van der Waals surface area contributed by atoms with E-state index in [2.05, 4.69) is 14.9 Å². The van der Waals surface area contributed by atoms with Gasteiger partial charge in [0.2, 0.25) is 0 Å². The van der Waals surface area contributed by atoms with Gasteiger partial charge >= 0.3 is 12.1 Å². The lowest BCUT2D eigenvalue weighted by atomic mass is 9.91. The second-order valence-electron chi connectivity index (χ2n) is 4.96. The predicted octanol–water partition coefficient (Wildman–Crippen LogP) is 2.97. The monoisotopic (exact) mass is 276 g/mol. The zero-order valence-electron chi connectivity index (χ0n) is 11.1. The summed E-state index contributed by atoms with van der Waals surface area (Å²) in [6.45, 7) is 6.60. The summed E-state index contributed by atoms with van der Waals surface area (Å²) in [5.74, 6) is -1.12. The molecule has 1 rings (SSSR count). The molecule has 1 heterocycles. The zero-order valence-corrected chi connectivity index (χ0v) is 11.1. The molecule has 7 heteroatoms. The van der Waals surface area contributed by atoms with Gasteiger partial charge in [-0.05, 0) is 13.0 Å². The van der Waals surface area contributed by atoms with Crippen LogP contribution in [0.15, 0.2) is 6.07 Å². The number of aromatic nitrogens is 2. The number of ether oxygens (including phenoxy) is 1. The molecular weight excluding hydrogens is 261 g/mol. The van der Waals surface area contributed by atoms with Crippen molar-refractivity contribution in [1.29, 1.82) is 0 Å². The number of halogens is 3. The molecule has 0 aliphatic carbocycles. The Kier molecular flexibility index (Phi) is 4.17. The van der Waals surface area contributed by atoms with Gasteiger partial charge in [-0.2, -0.15) is 18.3 Å². The standard InChI is InChI=1S/C12H15F3N2O2/c1-5-19-10(18)9-7(12(13,14)15)6-8(16-17-9)11(2,3)4/h6H,5H2,1-4H3. The van der Waals surface area contributed by atoms with Crippen molar-refractivity contribution in [2.24, 2.45) is 0 Å². The first-order valence-corrected chi connectivity index (χ1v) is 5.70. The van der Waals surface area contributed by atoms with Crippen LogP contribution in [0.4, 0.5) is 13.2 Å². The molecule has 0 unspecified atom stereocenters. The second kappa shape index (κ2) is 5.14. The molecule has 106 valence electrons. The van der Waals surface area contributed by atoms with E-state index in [0.717, 1.165) is 6.07 Å². The Balaban J connectivity index is 3.38. The van der Waals surface area contributed by atoms with Crippen molar-refractivity contribution in [2.75, 3.05) is 6.61 Å². The average Bonchev–Trinajstić information content (AvgIpc) is 2.26. The Hall–Kier alpha value is -1.66. The first-order chi connectivity index (χ1) is 8.57. The van der Waals surface area contributed by atoms with Gasteiger partial charge in [-0.25, -0.2) is 4.79 Å². The topological polar surface area (TPSA) is 52.1 Å². The minimum Gasteiger partial charge on any atom is -0.461 e. The fourth-order valence-corrected chi connectivity index (χ4v) is 1.32. The Bertz CT molecular complexity index is 479. The lowest BCUT2D eigenvalue weighted by Gasteiger charge is -2.19. The summed E-state index contributed by atoms with van der Waals surface area (Å²) in [4.78, 5) is 11.4. The van der Waals surface area contributed by atoms with Crippen LogP contribution in [-0.2, 0) is 16.3 Å². The highest BCUT2D eigenvalue weighted by atomic mass is 19.4. The van der Waals surface area contributed by atoms with Crippen LogP contribution in [0.5, 0.6) is 0 Å². The molecule has 19 heavy (non-hydrogen) atoms. The van der Waals surface area contributed by atoms with E-state index in [4.69, 9.17) is 0 Å². The van der Waals surface area contributed by atoms with Crippen LogP contribution in [0.1, 0.15) is 49.4 Å². The third kappa shape index (κ3) is 3.65. The Morgan fingerprint density at radius 2 is 1.84 bits per heavy atom. The first kappa shape index (κ1) is 15.4. The molecule has 0 aromatic carbocycles. The molecule has 0 fully saturated rings. The third-order valence-corrected chi connectivity index (χ3v) is 2.34. The van der Waals surface area contributed by atoms with E-state index in [9.17, 15) is 18.0 Å². The molecule has 0 amide bonds. The van der Waals surface area contributed by atoms with Gasteiger partial charge in [0, 0.05) is 5.41 Å². The van der Waals surface area contributed by atoms with Gasteiger partial charge in [-0.1, -0.05) is 20.8 Å². The molecule has 1 aromatic heterocycles. The van der Waals surface area contributed by atoms with Gasteiger partial charge in [-0.3, -0.25) is 0 Å². The molecule has 0 N–H and O–H groups in total. The van der Waals surface area contributed by atoms with Gasteiger partial charge in [0.1, 0.15) is 0 Å². The van der Waals surface area contributed by atoms with Crippen molar-refractivity contribution in [3.8, 4) is 0 Å². The Labute approximate surface area is 109 Å². The van der Waals surface area contributed by atoms with Crippen LogP contribution >= 0.6 is 0 Å². The van der Waals surface area contributed by atoms with Crippen molar-refractivity contribution in [1.82, 2.24) is 10.2 Å². The van der Waals surface area contributed by atoms with E-state index in [1.165, 1.54) is 6.92 Å². The van der Waals surface area contributed by atoms with E-state index in [0.29, 0.717) is 0 Å². The van der Waals surface area contributed by atoms with Crippen LogP contribution in [0.2, 0.25) is 0 Å². The first-order valence-electron chi connectivity index (χ1n) is 5.70. The Morgan fingerprint density at radius 1 is 1.26 bits per heavy atom. The van der Waals surface area contributed by atoms with Gasteiger partial charge in [0.15, 0.2) is 5.69 Å². The third-order valence-electron chi connectivity index (χ3n) is 2.34. The number of alkyl halides is 3. The number of rotatable bonds is 2. The summed E-state index contributed by atoms with van der Waals surface area (Å²) in [7, 11) is 0. The summed E-state index contributed by atoms with van der Waals surface area (Å²) < 4.78 is 43.4. The number of esters is 1. The van der Waals surface area contributed by atoms with Crippen LogP contribution < -0.4 is 0 Å². The number of hydrogen-bond acceptors (Lipinski definition) is 4. The number of hydrogen-bond donors (Lipinski definition) is 0. The normalized spacial score (nSPS) is 12.4. The fourth-order valence-electron chi connectivity index (χ4n) is 1.32.